The van der Waals surface area contributed by atoms with E-state index in [1.807, 2.05) is 6.07 Å². The highest BCUT2D eigenvalue weighted by Crippen LogP contribution is 2.27. The molecule has 3 rings (SSSR count). The minimum absolute atomic E-state index is 0.937. The first-order valence-corrected chi connectivity index (χ1v) is 7.00. The highest BCUT2D eigenvalue weighted by atomic mass is 15.2. The molecule has 1 N–H and O–H groups in total. The standard InChI is InChI=1S/C15H21N3/c1-18-14-9-5-4-8-13(14)17-15(18)16-11-10-12-6-2-3-7-12/h4-5,8-9,12H,2-3,6-7,10-11H2,1H3,(H,16,17). The molecule has 1 aromatic carbocycles. The summed E-state index contributed by atoms with van der Waals surface area (Å²) in [6.07, 6.45) is 6.98. The Balaban J connectivity index is 1.65. The van der Waals surface area contributed by atoms with Gasteiger partial charge in [-0.1, -0.05) is 37.8 Å². The van der Waals surface area contributed by atoms with Crippen LogP contribution in [0.2, 0.25) is 0 Å². The molecule has 0 saturated heterocycles. The molecule has 1 aromatic heterocycles. The molecule has 1 aliphatic rings. The third-order valence-electron chi connectivity index (χ3n) is 4.10. The fourth-order valence-electron chi connectivity index (χ4n) is 2.99. The summed E-state index contributed by atoms with van der Waals surface area (Å²) in [4.78, 5) is 4.63. The maximum Gasteiger partial charge on any atom is 0.203 e. The minimum atomic E-state index is 0.937. The summed E-state index contributed by atoms with van der Waals surface area (Å²) < 4.78 is 2.14. The van der Waals surface area contributed by atoms with Crippen LogP contribution in [-0.2, 0) is 7.05 Å². The molecule has 0 amide bonds. The Kier molecular flexibility index (Phi) is 3.22. The van der Waals surface area contributed by atoms with Gasteiger partial charge in [-0.05, 0) is 24.5 Å². The molecule has 1 fully saturated rings. The van der Waals surface area contributed by atoms with Gasteiger partial charge in [0.15, 0.2) is 0 Å². The van der Waals surface area contributed by atoms with Crippen LogP contribution in [0.5, 0.6) is 0 Å². The van der Waals surface area contributed by atoms with E-state index in [0.717, 1.165) is 23.9 Å². The van der Waals surface area contributed by atoms with Crippen LogP contribution in [0.1, 0.15) is 32.1 Å². The van der Waals surface area contributed by atoms with E-state index in [2.05, 4.69) is 40.1 Å². The molecular formula is C15H21N3. The lowest BCUT2D eigenvalue weighted by Crippen LogP contribution is -2.09. The van der Waals surface area contributed by atoms with Crippen molar-refractivity contribution < 1.29 is 0 Å². The van der Waals surface area contributed by atoms with Gasteiger partial charge in [-0.15, -0.1) is 0 Å². The van der Waals surface area contributed by atoms with Crippen LogP contribution in [0.25, 0.3) is 11.0 Å². The molecule has 0 atom stereocenters. The van der Waals surface area contributed by atoms with Gasteiger partial charge >= 0.3 is 0 Å². The van der Waals surface area contributed by atoms with Gasteiger partial charge in [-0.3, -0.25) is 0 Å². The van der Waals surface area contributed by atoms with E-state index < -0.39 is 0 Å². The van der Waals surface area contributed by atoms with E-state index in [-0.39, 0.29) is 0 Å². The van der Waals surface area contributed by atoms with E-state index in [1.165, 1.54) is 37.6 Å². The lowest BCUT2D eigenvalue weighted by atomic mass is 10.0. The molecule has 3 nitrogen and oxygen atoms in total. The number of anilines is 1. The molecule has 3 heteroatoms. The third kappa shape index (κ3) is 2.22. The molecule has 0 radical (unpaired) electrons. The van der Waals surface area contributed by atoms with Gasteiger partial charge in [0, 0.05) is 13.6 Å². The molecule has 1 heterocycles. The fraction of sp³-hybridized carbons (Fsp3) is 0.533. The molecule has 2 aromatic rings. The normalized spacial score (nSPS) is 16.5. The second kappa shape index (κ2) is 5.01. The van der Waals surface area contributed by atoms with Crippen molar-refractivity contribution in [2.75, 3.05) is 11.9 Å². The van der Waals surface area contributed by atoms with Crippen molar-refractivity contribution >= 4 is 17.0 Å². The largest absolute Gasteiger partial charge is 0.356 e. The average molecular weight is 243 g/mol. The van der Waals surface area contributed by atoms with E-state index in [9.17, 15) is 0 Å². The van der Waals surface area contributed by atoms with Crippen LogP contribution in [0.3, 0.4) is 0 Å². The van der Waals surface area contributed by atoms with Gasteiger partial charge < -0.3 is 9.88 Å². The predicted molar refractivity (Wildman–Crippen MR) is 75.8 cm³/mol. The first kappa shape index (κ1) is 11.6. The van der Waals surface area contributed by atoms with Crippen molar-refractivity contribution in [3.63, 3.8) is 0 Å². The Morgan fingerprint density at radius 2 is 2.06 bits per heavy atom. The van der Waals surface area contributed by atoms with Crippen LogP contribution < -0.4 is 5.32 Å². The molecule has 0 unspecified atom stereocenters. The second-order valence-electron chi connectivity index (χ2n) is 5.35. The maximum absolute atomic E-state index is 4.63. The zero-order valence-corrected chi connectivity index (χ0v) is 11.0. The SMILES string of the molecule is Cn1c(NCCC2CCCC2)nc2ccccc21. The zero-order chi connectivity index (χ0) is 12.4. The number of fused-ring (bicyclic) bond motifs is 1. The van der Waals surface area contributed by atoms with Gasteiger partial charge in [0.1, 0.15) is 0 Å². The highest BCUT2D eigenvalue weighted by molar-refractivity contribution is 5.78. The lowest BCUT2D eigenvalue weighted by molar-refractivity contribution is 0.517. The number of para-hydroxylation sites is 2. The number of imidazole rings is 1. The van der Waals surface area contributed by atoms with E-state index >= 15 is 0 Å². The Morgan fingerprint density at radius 1 is 1.28 bits per heavy atom. The summed E-state index contributed by atoms with van der Waals surface area (Å²) in [5, 5.41) is 3.48. The molecule has 1 saturated carbocycles. The van der Waals surface area contributed by atoms with Crippen molar-refractivity contribution in [3.05, 3.63) is 24.3 Å². The van der Waals surface area contributed by atoms with Gasteiger partial charge in [-0.2, -0.15) is 0 Å². The second-order valence-corrected chi connectivity index (χ2v) is 5.35. The highest BCUT2D eigenvalue weighted by Gasteiger charge is 2.14. The van der Waals surface area contributed by atoms with Crippen LogP contribution in [0, 0.1) is 5.92 Å². The van der Waals surface area contributed by atoms with Crippen LogP contribution >= 0.6 is 0 Å². The van der Waals surface area contributed by atoms with Crippen molar-refractivity contribution in [2.24, 2.45) is 13.0 Å². The number of hydrogen-bond acceptors (Lipinski definition) is 2. The fourth-order valence-corrected chi connectivity index (χ4v) is 2.99. The smallest absolute Gasteiger partial charge is 0.203 e. The zero-order valence-electron chi connectivity index (χ0n) is 11.0. The van der Waals surface area contributed by atoms with Crippen molar-refractivity contribution in [3.8, 4) is 0 Å². The van der Waals surface area contributed by atoms with E-state index in [1.54, 1.807) is 0 Å². The van der Waals surface area contributed by atoms with Crippen molar-refractivity contribution in [1.29, 1.82) is 0 Å². The number of hydrogen-bond donors (Lipinski definition) is 1. The maximum atomic E-state index is 4.63. The number of benzene rings is 1. The van der Waals surface area contributed by atoms with Crippen LogP contribution in [0.15, 0.2) is 24.3 Å². The summed E-state index contributed by atoms with van der Waals surface area (Å²) in [5.41, 5.74) is 2.27. The Hall–Kier alpha value is -1.51. The van der Waals surface area contributed by atoms with E-state index in [4.69, 9.17) is 0 Å². The summed E-state index contributed by atoms with van der Waals surface area (Å²) >= 11 is 0. The molecule has 0 aliphatic heterocycles. The van der Waals surface area contributed by atoms with Crippen molar-refractivity contribution in [2.45, 2.75) is 32.1 Å². The van der Waals surface area contributed by atoms with E-state index in [0.29, 0.717) is 0 Å². The van der Waals surface area contributed by atoms with Crippen LogP contribution in [0.4, 0.5) is 5.95 Å². The first-order chi connectivity index (χ1) is 8.84. The minimum Gasteiger partial charge on any atom is -0.356 e. The average Bonchev–Trinajstić information content (AvgIpc) is 3.00. The first-order valence-electron chi connectivity index (χ1n) is 7.00. The quantitative estimate of drug-likeness (QED) is 0.889. The van der Waals surface area contributed by atoms with Crippen LogP contribution in [-0.4, -0.2) is 16.1 Å². The number of nitrogens with one attached hydrogen (secondary N) is 1. The van der Waals surface area contributed by atoms with Gasteiger partial charge in [0.2, 0.25) is 5.95 Å². The molecule has 18 heavy (non-hydrogen) atoms. The monoisotopic (exact) mass is 243 g/mol. The number of nitrogens with zero attached hydrogens (tertiary/aromatic N) is 2. The summed E-state index contributed by atoms with van der Waals surface area (Å²) in [6.45, 7) is 1.04. The number of aromatic nitrogens is 2. The van der Waals surface area contributed by atoms with Gasteiger partial charge in [0.05, 0.1) is 11.0 Å². The molecule has 0 bridgehead atoms. The van der Waals surface area contributed by atoms with Gasteiger partial charge in [0.25, 0.3) is 0 Å². The summed E-state index contributed by atoms with van der Waals surface area (Å²) in [5.74, 6) is 1.93. The van der Waals surface area contributed by atoms with Crippen molar-refractivity contribution in [1.82, 2.24) is 9.55 Å². The lowest BCUT2D eigenvalue weighted by Gasteiger charge is -2.10. The summed E-state index contributed by atoms with van der Waals surface area (Å²) in [6, 6.07) is 8.28. The molecule has 96 valence electrons. The number of rotatable bonds is 4. The topological polar surface area (TPSA) is 29.9 Å². The number of aryl methyl sites for hydroxylation is 1. The van der Waals surface area contributed by atoms with Gasteiger partial charge in [-0.25, -0.2) is 4.98 Å². The Labute approximate surface area is 108 Å². The third-order valence-corrected chi connectivity index (χ3v) is 4.10. The molecular weight excluding hydrogens is 222 g/mol. The summed E-state index contributed by atoms with van der Waals surface area (Å²) in [7, 11) is 2.08. The predicted octanol–water partition coefficient (Wildman–Crippen LogP) is 3.57. The Bertz CT molecular complexity index is 524. The Morgan fingerprint density at radius 3 is 2.83 bits per heavy atom. The molecule has 0 spiro atoms. The molecule has 1 aliphatic carbocycles.